The number of ether oxygens (including phenoxy) is 3. The Labute approximate surface area is 429 Å². The number of fused-ring (bicyclic) bond motifs is 3. The number of nitrogens with one attached hydrogen (secondary N) is 2. The second-order valence-corrected chi connectivity index (χ2v) is 21.7. The van der Waals surface area contributed by atoms with Crippen molar-refractivity contribution in [1.29, 1.82) is 0 Å². The van der Waals surface area contributed by atoms with Gasteiger partial charge in [-0.1, -0.05) is 104 Å². The average Bonchev–Trinajstić information content (AvgIpc) is 3.61. The van der Waals surface area contributed by atoms with Crippen LogP contribution in [0.5, 0.6) is 0 Å². The number of Topliss-reactive ketones (excluding diaryl/α,β-unsaturated/α-hetero) is 2. The van der Waals surface area contributed by atoms with Crippen molar-refractivity contribution >= 4 is 46.9 Å². The maximum absolute atomic E-state index is 13.7. The number of aliphatic imine (C=N–C) groups is 2. The largest absolute Gasteiger partial charge is 0.511 e. The van der Waals surface area contributed by atoms with Gasteiger partial charge in [-0.3, -0.25) is 29.2 Å². The zero-order chi connectivity index (χ0) is 53.5. The maximum Gasteiger partial charge on any atom is 0.407 e. The van der Waals surface area contributed by atoms with Crippen LogP contribution in [0.15, 0.2) is 81.2 Å². The normalized spacial score (nSPS) is 17.2. The number of allylic oxidation sites excluding steroid dienone is 4. The molecule has 0 aliphatic heterocycles. The van der Waals surface area contributed by atoms with E-state index >= 15 is 0 Å². The lowest BCUT2D eigenvalue weighted by atomic mass is 9.75. The molecule has 73 heavy (non-hydrogen) atoms. The smallest absolute Gasteiger partial charge is 0.407 e. The molecule has 3 aliphatic rings. The van der Waals surface area contributed by atoms with Crippen molar-refractivity contribution in [3.63, 3.8) is 0 Å². The van der Waals surface area contributed by atoms with Gasteiger partial charge in [0.2, 0.25) is 11.8 Å². The number of nitrogens with zero attached hydrogens (tertiary/aromatic N) is 3. The van der Waals surface area contributed by atoms with Gasteiger partial charge in [0.15, 0.2) is 11.6 Å². The minimum atomic E-state index is -1.35. The number of carboxylic acid groups (broad SMARTS) is 1. The third-order valence-corrected chi connectivity index (χ3v) is 12.9. The molecule has 0 bridgehead atoms. The number of hydrogen-bond donors (Lipinski definition) is 5. The minimum absolute atomic E-state index is 0.0161. The van der Waals surface area contributed by atoms with Gasteiger partial charge < -0.3 is 45.1 Å². The van der Waals surface area contributed by atoms with Gasteiger partial charge in [-0.2, -0.15) is 0 Å². The van der Waals surface area contributed by atoms with Crippen molar-refractivity contribution in [2.75, 3.05) is 65.8 Å². The van der Waals surface area contributed by atoms with E-state index in [0.717, 1.165) is 22.3 Å². The minimum Gasteiger partial charge on any atom is -0.511 e. The van der Waals surface area contributed by atoms with E-state index in [1.54, 1.807) is 4.90 Å². The molecule has 17 nitrogen and oxygen atoms in total. The summed E-state index contributed by atoms with van der Waals surface area (Å²) in [6.07, 6.45) is 0.983. The summed E-state index contributed by atoms with van der Waals surface area (Å²) in [5.41, 5.74) is 4.97. The highest BCUT2D eigenvalue weighted by Gasteiger charge is 2.37. The van der Waals surface area contributed by atoms with Gasteiger partial charge in [-0.25, -0.2) is 9.59 Å². The Morgan fingerprint density at radius 2 is 1.22 bits per heavy atom. The second-order valence-electron chi connectivity index (χ2n) is 21.7. The third kappa shape index (κ3) is 17.2. The number of ketones is 2. The fourth-order valence-electron chi connectivity index (χ4n) is 9.61. The van der Waals surface area contributed by atoms with Crippen LogP contribution in [-0.4, -0.2) is 139 Å². The molecule has 3 aliphatic carbocycles. The number of carbonyl (C=O) groups excluding carboxylic acids is 5. The third-order valence-electron chi connectivity index (χ3n) is 12.9. The molecule has 0 saturated heterocycles. The summed E-state index contributed by atoms with van der Waals surface area (Å²) in [7, 11) is 0. The van der Waals surface area contributed by atoms with Gasteiger partial charge >= 0.3 is 12.1 Å². The first-order valence-corrected chi connectivity index (χ1v) is 25.6. The number of alkyl carbamates (subject to hydrolysis) is 1. The second kappa shape index (κ2) is 26.7. The van der Waals surface area contributed by atoms with E-state index in [4.69, 9.17) is 24.2 Å². The fourth-order valence-corrected chi connectivity index (χ4v) is 9.61. The number of carboxylic acids is 1. The van der Waals surface area contributed by atoms with Gasteiger partial charge in [-0.05, 0) is 64.2 Å². The zero-order valence-electron chi connectivity index (χ0n) is 44.0. The lowest BCUT2D eigenvalue weighted by molar-refractivity contribution is -0.140. The van der Waals surface area contributed by atoms with Crippen LogP contribution in [-0.2, 0) is 38.2 Å². The van der Waals surface area contributed by atoms with Gasteiger partial charge in [0.05, 0.1) is 44.1 Å². The summed E-state index contributed by atoms with van der Waals surface area (Å²) in [5.74, 6) is -2.24. The van der Waals surface area contributed by atoms with Crippen molar-refractivity contribution in [3.8, 4) is 11.1 Å². The summed E-state index contributed by atoms with van der Waals surface area (Å²) in [4.78, 5) is 88.8. The van der Waals surface area contributed by atoms with E-state index in [9.17, 15) is 44.1 Å². The van der Waals surface area contributed by atoms with Crippen LogP contribution in [0.2, 0.25) is 0 Å². The predicted octanol–water partition coefficient (Wildman–Crippen LogP) is 8.11. The molecular weight excluding hydrogens is 935 g/mol. The summed E-state index contributed by atoms with van der Waals surface area (Å²) in [6, 6.07) is 14.4. The number of aliphatic carboxylic acids is 1. The molecule has 0 aromatic heterocycles. The molecule has 0 radical (unpaired) electrons. The van der Waals surface area contributed by atoms with Crippen LogP contribution in [0, 0.1) is 22.7 Å². The Morgan fingerprint density at radius 1 is 0.726 bits per heavy atom. The molecule has 5 N–H and O–H groups in total. The summed E-state index contributed by atoms with van der Waals surface area (Å²) in [6.45, 7) is 16.5. The van der Waals surface area contributed by atoms with Crippen LogP contribution in [0.4, 0.5) is 4.79 Å². The summed E-state index contributed by atoms with van der Waals surface area (Å²) in [5, 5.41) is 36.8. The van der Waals surface area contributed by atoms with Crippen molar-refractivity contribution in [2.45, 2.75) is 119 Å². The van der Waals surface area contributed by atoms with Crippen LogP contribution < -0.4 is 10.6 Å². The molecule has 3 amide bonds. The number of amides is 3. The lowest BCUT2D eigenvalue weighted by Gasteiger charge is -2.30. The van der Waals surface area contributed by atoms with Gasteiger partial charge in [0.1, 0.15) is 30.8 Å². The number of aliphatic hydroxyl groups excluding tert-OH is 2. The van der Waals surface area contributed by atoms with E-state index in [1.807, 2.05) is 104 Å². The van der Waals surface area contributed by atoms with Gasteiger partial charge in [0.25, 0.3) is 0 Å². The first-order valence-electron chi connectivity index (χ1n) is 25.6. The highest BCUT2D eigenvalue weighted by molar-refractivity contribution is 6.24. The lowest BCUT2D eigenvalue weighted by Crippen LogP contribution is -2.42. The highest BCUT2D eigenvalue weighted by Crippen LogP contribution is 2.44. The number of benzene rings is 2. The molecule has 0 saturated carbocycles. The average molecular weight is 1010 g/mol. The Morgan fingerprint density at radius 3 is 1.70 bits per heavy atom. The van der Waals surface area contributed by atoms with Crippen LogP contribution >= 0.6 is 0 Å². The molecule has 0 fully saturated rings. The van der Waals surface area contributed by atoms with Crippen molar-refractivity contribution in [3.05, 3.63) is 82.3 Å². The fraction of sp³-hybridized carbons (Fsp3) is 0.571. The molecule has 2 aromatic carbocycles. The van der Waals surface area contributed by atoms with E-state index in [2.05, 4.69) is 10.6 Å². The first-order chi connectivity index (χ1) is 34.6. The maximum atomic E-state index is 13.7. The van der Waals surface area contributed by atoms with Crippen molar-refractivity contribution in [1.82, 2.24) is 15.5 Å². The van der Waals surface area contributed by atoms with Crippen LogP contribution in [0.3, 0.4) is 0 Å². The predicted molar refractivity (Wildman–Crippen MR) is 279 cm³/mol. The zero-order valence-corrected chi connectivity index (χ0v) is 44.0. The highest BCUT2D eigenvalue weighted by atomic mass is 16.5. The topological polar surface area (TPSA) is 243 Å². The number of hydrogen-bond acceptors (Lipinski definition) is 13. The van der Waals surface area contributed by atoms with Crippen molar-refractivity contribution in [2.24, 2.45) is 32.7 Å². The molecule has 1 unspecified atom stereocenters. The van der Waals surface area contributed by atoms with Gasteiger partial charge in [0, 0.05) is 69.1 Å². The Kier molecular flexibility index (Phi) is 21.1. The van der Waals surface area contributed by atoms with E-state index in [1.165, 1.54) is 0 Å². The molecule has 2 aromatic rings. The number of rotatable bonds is 27. The molecule has 0 heterocycles. The van der Waals surface area contributed by atoms with Crippen molar-refractivity contribution < 1.29 is 58.3 Å². The Bertz CT molecular complexity index is 2330. The molecule has 0 spiro atoms. The van der Waals surface area contributed by atoms with E-state index < -0.39 is 24.0 Å². The summed E-state index contributed by atoms with van der Waals surface area (Å²) >= 11 is 0. The Balaban J connectivity index is 1.09. The number of aliphatic hydroxyl groups is 2. The SMILES string of the molecule is CC(C)CC(=NCCN(CCN=C(CC(C)C)C1=C(O)CC(C)(C)CC1=O)C(=O)COCCOCCNC(=O)CCC(NC(=O)OCC1c2ccccc2-c2ccccc21)C(=O)O)C1=C(O)CC(C)(C)CC1=O. The molecular formula is C56H77N5O12. The standard InChI is InChI=1S/C56H77N5O12/c1-35(2)27-43(51-45(62)29-55(5,6)30-46(51)63)57-19-22-61(23-20-58-44(28-36(3)4)52-47(64)31-56(7,8)32-48(52)65)50(67)34-72-26-25-71-24-21-59-49(66)18-17-42(53(68)69)60-54(70)73-33-41-39-15-11-9-13-37(39)38-14-10-12-16-40(38)41/h9-16,35-36,41-42,62,64H,17-34H2,1-8H3,(H,59,66)(H,60,70)(H,68,69). The Hall–Kier alpha value is -6.20. The quantitative estimate of drug-likeness (QED) is 0.0421. The van der Waals surface area contributed by atoms with Crippen LogP contribution in [0.1, 0.15) is 124 Å². The molecule has 1 atom stereocenters. The molecule has 17 heteroatoms. The van der Waals surface area contributed by atoms with E-state index in [0.29, 0.717) is 37.1 Å². The van der Waals surface area contributed by atoms with Crippen LogP contribution in [0.25, 0.3) is 11.1 Å². The van der Waals surface area contributed by atoms with E-state index in [-0.39, 0.29) is 160 Å². The molecule has 5 rings (SSSR count). The number of carbonyl (C=O) groups is 6. The first kappa shape index (κ1) is 57.7. The summed E-state index contributed by atoms with van der Waals surface area (Å²) < 4.78 is 16.8. The molecule has 398 valence electrons. The monoisotopic (exact) mass is 1010 g/mol. The van der Waals surface area contributed by atoms with Gasteiger partial charge in [-0.15, -0.1) is 0 Å².